The zero-order valence-corrected chi connectivity index (χ0v) is 13.9. The van der Waals surface area contributed by atoms with E-state index in [4.69, 9.17) is 13.5 Å². The minimum Gasteiger partial charge on any atom is -0.455 e. The van der Waals surface area contributed by atoms with Crippen LogP contribution in [-0.2, 0) is 7.05 Å². The minimum atomic E-state index is -2.24. The van der Waals surface area contributed by atoms with Crippen LogP contribution in [0.5, 0.6) is 0 Å². The molecule has 0 aliphatic carbocycles. The van der Waals surface area contributed by atoms with Crippen LogP contribution < -0.4 is 0 Å². The molecule has 0 aliphatic heterocycles. The smallest absolute Gasteiger partial charge is 0.146 e. The van der Waals surface area contributed by atoms with E-state index in [9.17, 15) is 0 Å². The van der Waals surface area contributed by atoms with E-state index in [0.717, 1.165) is 27.5 Å². The number of nitrogens with zero attached hydrogens (tertiary/aromatic N) is 3. The molecule has 0 saturated heterocycles. The molecule has 0 amide bonds. The summed E-state index contributed by atoms with van der Waals surface area (Å²) in [6.45, 7) is -0.267. The summed E-state index contributed by atoms with van der Waals surface area (Å²) in [6, 6.07) is 11.0. The van der Waals surface area contributed by atoms with E-state index >= 15 is 0 Å². The van der Waals surface area contributed by atoms with Gasteiger partial charge in [0.2, 0.25) is 0 Å². The van der Waals surface area contributed by atoms with Crippen molar-refractivity contribution in [3.8, 4) is 11.4 Å². The molecule has 122 valence electrons. The van der Waals surface area contributed by atoms with Crippen molar-refractivity contribution in [3.05, 3.63) is 59.9 Å². The molecular weight excluding hydrogens is 310 g/mol. The molecule has 0 saturated carbocycles. The molecule has 0 aliphatic rings. The second-order valence-electron chi connectivity index (χ2n) is 6.28. The number of aryl methyl sites for hydroxylation is 3. The van der Waals surface area contributed by atoms with Crippen molar-refractivity contribution >= 4 is 33.0 Å². The molecule has 5 rings (SSSR count). The largest absolute Gasteiger partial charge is 0.455 e. The topological polar surface area (TPSA) is 43.9 Å². The summed E-state index contributed by atoms with van der Waals surface area (Å²) in [5.41, 5.74) is 5.02. The first-order valence-electron chi connectivity index (χ1n) is 9.58. The molecule has 2 aromatic carbocycles. The van der Waals surface area contributed by atoms with Crippen LogP contribution in [0.25, 0.3) is 44.4 Å². The summed E-state index contributed by atoms with van der Waals surface area (Å²) >= 11 is 0. The normalized spacial score (nSPS) is 14.1. The summed E-state index contributed by atoms with van der Waals surface area (Å²) in [7, 11) is 1.93. The number of rotatable bonds is 1. The minimum absolute atomic E-state index is 0.285. The molecular formula is C21H17N3O. The fraction of sp³-hybridized carbons (Fsp3) is 0.143. The van der Waals surface area contributed by atoms with Gasteiger partial charge in [0.25, 0.3) is 0 Å². The van der Waals surface area contributed by atoms with Crippen LogP contribution in [0.4, 0.5) is 0 Å². The summed E-state index contributed by atoms with van der Waals surface area (Å²) in [6.07, 6.45) is 3.57. The van der Waals surface area contributed by atoms with Crippen molar-refractivity contribution in [1.82, 2.24) is 14.5 Å². The third kappa shape index (κ3) is 1.88. The van der Waals surface area contributed by atoms with Crippen LogP contribution in [0.3, 0.4) is 0 Å². The van der Waals surface area contributed by atoms with Crippen molar-refractivity contribution < 1.29 is 8.53 Å². The lowest BCUT2D eigenvalue weighted by Gasteiger charge is -2.05. The predicted octanol–water partition coefficient (Wildman–Crippen LogP) is 5.15. The van der Waals surface area contributed by atoms with Gasteiger partial charge in [-0.05, 0) is 37.0 Å². The molecule has 3 heterocycles. The van der Waals surface area contributed by atoms with Crippen LogP contribution in [0, 0.1) is 13.8 Å². The van der Waals surface area contributed by atoms with Crippen LogP contribution in [0.15, 0.2) is 53.2 Å². The van der Waals surface area contributed by atoms with Gasteiger partial charge in [0.1, 0.15) is 17.0 Å². The van der Waals surface area contributed by atoms with Gasteiger partial charge in [0, 0.05) is 28.1 Å². The number of hydrogen-bond acceptors (Lipinski definition) is 3. The highest BCUT2D eigenvalue weighted by Gasteiger charge is 2.18. The van der Waals surface area contributed by atoms with E-state index in [2.05, 4.69) is 4.98 Å². The Balaban J connectivity index is 1.93. The molecule has 25 heavy (non-hydrogen) atoms. The number of hydrogen-bond donors (Lipinski definition) is 0. The lowest BCUT2D eigenvalue weighted by Crippen LogP contribution is -1.93. The Kier molecular flexibility index (Phi) is 2.25. The molecule has 0 N–H and O–H groups in total. The molecule has 0 fully saturated rings. The van der Waals surface area contributed by atoms with Gasteiger partial charge in [0.05, 0.1) is 22.8 Å². The van der Waals surface area contributed by atoms with Crippen LogP contribution >= 0.6 is 0 Å². The van der Waals surface area contributed by atoms with Gasteiger partial charge in [0.15, 0.2) is 0 Å². The quantitative estimate of drug-likeness (QED) is 0.427. The molecule has 0 spiro atoms. The van der Waals surface area contributed by atoms with Crippen molar-refractivity contribution in [2.45, 2.75) is 13.8 Å². The molecule has 0 radical (unpaired) electrons. The Morgan fingerprint density at radius 2 is 1.96 bits per heavy atom. The summed E-state index contributed by atoms with van der Waals surface area (Å²) < 4.78 is 32.0. The number of benzene rings is 2. The SMILES string of the molecule is [2H]C([2H])([2H])c1ccc(-c2nc3c(C)cncc3n2C)c2oc3ccccc3c12. The van der Waals surface area contributed by atoms with E-state index in [1.54, 1.807) is 24.5 Å². The van der Waals surface area contributed by atoms with Gasteiger partial charge in [-0.25, -0.2) is 4.98 Å². The lowest BCUT2D eigenvalue weighted by molar-refractivity contribution is 0.669. The monoisotopic (exact) mass is 330 g/mol. The van der Waals surface area contributed by atoms with Gasteiger partial charge in [-0.1, -0.05) is 24.3 Å². The maximum Gasteiger partial charge on any atom is 0.146 e. The second-order valence-corrected chi connectivity index (χ2v) is 6.28. The van der Waals surface area contributed by atoms with Crippen LogP contribution in [-0.4, -0.2) is 14.5 Å². The molecule has 0 atom stereocenters. The van der Waals surface area contributed by atoms with Gasteiger partial charge in [-0.3, -0.25) is 4.98 Å². The number of aromatic nitrogens is 3. The van der Waals surface area contributed by atoms with Crippen molar-refractivity contribution in [1.29, 1.82) is 0 Å². The lowest BCUT2D eigenvalue weighted by atomic mass is 10.0. The fourth-order valence-electron chi connectivity index (χ4n) is 3.48. The summed E-state index contributed by atoms with van der Waals surface area (Å²) in [5, 5.41) is 1.41. The Hall–Kier alpha value is -3.14. The first-order valence-corrected chi connectivity index (χ1v) is 8.08. The summed E-state index contributed by atoms with van der Waals surface area (Å²) in [5.74, 6) is 0.715. The second kappa shape index (κ2) is 4.93. The van der Waals surface area contributed by atoms with E-state index in [0.29, 0.717) is 22.4 Å². The van der Waals surface area contributed by atoms with Gasteiger partial charge in [-0.15, -0.1) is 0 Å². The average molecular weight is 330 g/mol. The number of fused-ring (bicyclic) bond motifs is 4. The number of imidazole rings is 1. The Bertz CT molecular complexity index is 1380. The number of pyridine rings is 1. The molecule has 0 bridgehead atoms. The molecule has 4 heteroatoms. The van der Waals surface area contributed by atoms with Gasteiger partial charge in [-0.2, -0.15) is 0 Å². The highest BCUT2D eigenvalue weighted by molar-refractivity contribution is 6.11. The molecule has 5 aromatic rings. The average Bonchev–Trinajstić information content (AvgIpc) is 3.20. The van der Waals surface area contributed by atoms with E-state index in [1.165, 1.54) is 0 Å². The zero-order chi connectivity index (χ0) is 19.6. The summed E-state index contributed by atoms with van der Waals surface area (Å²) in [4.78, 5) is 9.08. The highest BCUT2D eigenvalue weighted by Crippen LogP contribution is 2.38. The standard InChI is InChI=1S/C21H17N3O/c1-12-8-9-15(20-18(12)14-6-4-5-7-17(14)25-20)21-23-19-13(2)10-22-11-16(19)24(21)3/h4-11H,1-3H3/i1D3. The predicted molar refractivity (Wildman–Crippen MR) is 101 cm³/mol. The first kappa shape index (κ1) is 11.4. The maximum absolute atomic E-state index is 7.96. The zero-order valence-electron chi connectivity index (χ0n) is 16.9. The van der Waals surface area contributed by atoms with E-state index in [-0.39, 0.29) is 5.56 Å². The molecule has 4 nitrogen and oxygen atoms in total. The van der Waals surface area contributed by atoms with Crippen molar-refractivity contribution in [2.24, 2.45) is 7.05 Å². The maximum atomic E-state index is 7.96. The van der Waals surface area contributed by atoms with Gasteiger partial charge >= 0.3 is 0 Å². The van der Waals surface area contributed by atoms with Crippen LogP contribution in [0.2, 0.25) is 0 Å². The Morgan fingerprint density at radius 1 is 1.08 bits per heavy atom. The number of para-hydroxylation sites is 1. The van der Waals surface area contributed by atoms with E-state index < -0.39 is 6.85 Å². The van der Waals surface area contributed by atoms with E-state index in [1.807, 2.05) is 42.8 Å². The van der Waals surface area contributed by atoms with Gasteiger partial charge < -0.3 is 8.98 Å². The first-order chi connectivity index (χ1) is 13.4. The third-order valence-electron chi connectivity index (χ3n) is 4.74. The highest BCUT2D eigenvalue weighted by atomic mass is 16.3. The van der Waals surface area contributed by atoms with Crippen LogP contribution in [0.1, 0.15) is 15.2 Å². The Morgan fingerprint density at radius 3 is 2.80 bits per heavy atom. The Labute approximate surface area is 148 Å². The third-order valence-corrected chi connectivity index (χ3v) is 4.74. The number of furan rings is 1. The van der Waals surface area contributed by atoms with Crippen molar-refractivity contribution in [2.75, 3.05) is 0 Å². The fourth-order valence-corrected chi connectivity index (χ4v) is 3.48. The molecule has 3 aromatic heterocycles. The molecule has 0 unspecified atom stereocenters. The van der Waals surface area contributed by atoms with Crippen molar-refractivity contribution in [3.63, 3.8) is 0 Å².